The van der Waals surface area contributed by atoms with Crippen LogP contribution in [0, 0.1) is 17.7 Å². The molecular weight excluding hydrogens is 445 g/mol. The summed E-state index contributed by atoms with van der Waals surface area (Å²) < 4.78 is 40.7. The summed E-state index contributed by atoms with van der Waals surface area (Å²) in [5.41, 5.74) is 0.610. The Morgan fingerprint density at radius 3 is 2.40 bits per heavy atom. The summed E-state index contributed by atoms with van der Waals surface area (Å²) in [4.78, 5) is 0. The molecule has 0 atom stereocenters. The first-order valence-electron chi connectivity index (χ1n) is 5.85. The van der Waals surface area contributed by atoms with Crippen LogP contribution in [0.15, 0.2) is 18.3 Å². The van der Waals surface area contributed by atoms with Crippen LogP contribution in [0.4, 0.5) is 13.2 Å². The number of hydrogen-bond donors (Lipinski definition) is 0. The first-order valence-corrected chi connectivity index (χ1v) is 5.85. The average Bonchev–Trinajstić information content (AvgIpc) is 2.72. The van der Waals surface area contributed by atoms with Gasteiger partial charge in [-0.25, -0.2) is 4.39 Å². The Kier molecular flexibility index (Phi) is 5.16. The number of benzene rings is 1. The molecule has 0 aliphatic heterocycles. The van der Waals surface area contributed by atoms with Gasteiger partial charge in [0.25, 0.3) is 0 Å². The first-order chi connectivity index (χ1) is 8.82. The van der Waals surface area contributed by atoms with E-state index in [1.165, 1.54) is 4.68 Å². The van der Waals surface area contributed by atoms with E-state index >= 15 is 0 Å². The Hall–Kier alpha value is -1.13. The van der Waals surface area contributed by atoms with Gasteiger partial charge in [-0.1, -0.05) is 20.8 Å². The molecule has 0 unspecified atom stereocenters. The summed E-state index contributed by atoms with van der Waals surface area (Å²) in [5, 5.41) is 4.00. The van der Waals surface area contributed by atoms with E-state index in [2.05, 4.69) is 11.2 Å². The Balaban J connectivity index is 0.00000200. The molecule has 2 rings (SSSR count). The van der Waals surface area contributed by atoms with Gasteiger partial charge in [0.15, 0.2) is 0 Å². The minimum atomic E-state index is -0.784. The van der Waals surface area contributed by atoms with Crippen molar-refractivity contribution in [3.8, 4) is 5.69 Å². The second-order valence-electron chi connectivity index (χ2n) is 5.33. The van der Waals surface area contributed by atoms with Crippen LogP contribution in [0.1, 0.15) is 32.0 Å². The minimum Gasteiger partial charge on any atom is -0.284 e. The monoisotopic (exact) mass is 460 g/mol. The van der Waals surface area contributed by atoms with E-state index in [0.29, 0.717) is 5.56 Å². The molecule has 0 fully saturated rings. The van der Waals surface area contributed by atoms with Gasteiger partial charge in [0.1, 0.15) is 6.67 Å². The number of alkyl halides is 1. The second kappa shape index (κ2) is 6.10. The molecule has 2 aromatic rings. The molecule has 0 saturated heterocycles. The van der Waals surface area contributed by atoms with Crippen LogP contribution in [0.2, 0.25) is 0 Å². The largest absolute Gasteiger partial charge is 0.284 e. The van der Waals surface area contributed by atoms with Gasteiger partial charge in [-0.3, -0.25) is 13.5 Å². The number of nitrogens with zero attached hydrogens (tertiary/aromatic N) is 2. The fourth-order valence-electron chi connectivity index (χ4n) is 1.86. The van der Waals surface area contributed by atoms with E-state index in [9.17, 15) is 13.2 Å². The Morgan fingerprint density at radius 2 is 1.95 bits per heavy atom. The van der Waals surface area contributed by atoms with Crippen molar-refractivity contribution in [1.82, 2.24) is 9.78 Å². The summed E-state index contributed by atoms with van der Waals surface area (Å²) in [6.45, 7) is 5.01. The third-order valence-electron chi connectivity index (χ3n) is 2.79. The van der Waals surface area contributed by atoms with Gasteiger partial charge in [0, 0.05) is 43.5 Å². The molecule has 20 heavy (non-hydrogen) atoms. The summed E-state index contributed by atoms with van der Waals surface area (Å²) in [5.74, 6) is -1.50. The third-order valence-corrected chi connectivity index (χ3v) is 2.79. The maximum atomic E-state index is 13.7. The van der Waals surface area contributed by atoms with Crippen molar-refractivity contribution in [3.63, 3.8) is 0 Å². The molecule has 1 aromatic carbocycles. The fraction of sp³-hybridized carbons (Fsp3) is 0.357. The Bertz CT molecular complexity index is 603. The zero-order valence-electron chi connectivity index (χ0n) is 11.3. The van der Waals surface area contributed by atoms with Gasteiger partial charge in [0.05, 0.1) is 5.69 Å². The summed E-state index contributed by atoms with van der Waals surface area (Å²) in [6.07, 6.45) is 1.56. The van der Waals surface area contributed by atoms with Gasteiger partial charge in [-0.05, 0) is 11.1 Å². The predicted molar refractivity (Wildman–Crippen MR) is 65.8 cm³/mol. The van der Waals surface area contributed by atoms with Crippen molar-refractivity contribution in [2.45, 2.75) is 32.9 Å². The normalized spacial score (nSPS) is 11.3. The van der Waals surface area contributed by atoms with Crippen LogP contribution < -0.4 is 0 Å². The molecule has 1 aromatic heterocycles. The number of halogens is 3. The standard InChI is InChI=1S/C14H14F3N2.Ir/c1-14(2,3)10-8-19(18-12(10)7-15)13-5-4-9(16)6-11(13)17;/h4,6,8H,7H2,1-3H3;/q-1;. The zero-order valence-corrected chi connectivity index (χ0v) is 13.7. The topological polar surface area (TPSA) is 17.8 Å². The molecule has 0 bridgehead atoms. The number of rotatable bonds is 2. The molecule has 0 amide bonds. The molecule has 0 N–H and O–H groups in total. The van der Waals surface area contributed by atoms with Crippen LogP contribution in [0.25, 0.3) is 5.69 Å². The molecule has 0 aliphatic rings. The Labute approximate surface area is 129 Å². The van der Waals surface area contributed by atoms with Crippen LogP contribution in [0.5, 0.6) is 0 Å². The third kappa shape index (κ3) is 3.30. The van der Waals surface area contributed by atoms with E-state index in [0.717, 1.165) is 12.1 Å². The molecule has 2 nitrogen and oxygen atoms in total. The Morgan fingerprint density at radius 1 is 1.30 bits per heavy atom. The van der Waals surface area contributed by atoms with Gasteiger partial charge >= 0.3 is 0 Å². The van der Waals surface area contributed by atoms with Crippen molar-refractivity contribution < 1.29 is 33.3 Å². The summed E-state index contributed by atoms with van der Waals surface area (Å²) >= 11 is 0. The molecule has 6 heteroatoms. The molecule has 1 heterocycles. The zero-order chi connectivity index (χ0) is 14.2. The molecule has 0 spiro atoms. The van der Waals surface area contributed by atoms with Crippen LogP contribution in [-0.4, -0.2) is 9.78 Å². The van der Waals surface area contributed by atoms with Crippen LogP contribution >= 0.6 is 0 Å². The average molecular weight is 459 g/mol. The van der Waals surface area contributed by atoms with Gasteiger partial charge in [-0.2, -0.15) is 11.2 Å². The maximum absolute atomic E-state index is 13.7. The molecule has 0 aliphatic carbocycles. The minimum absolute atomic E-state index is 0. The van der Waals surface area contributed by atoms with Crippen molar-refractivity contribution in [3.05, 3.63) is 47.3 Å². The fourth-order valence-corrected chi connectivity index (χ4v) is 1.86. The van der Waals surface area contributed by atoms with E-state index in [4.69, 9.17) is 0 Å². The van der Waals surface area contributed by atoms with Gasteiger partial charge in [0.2, 0.25) is 0 Å². The van der Waals surface area contributed by atoms with E-state index < -0.39 is 18.3 Å². The molecule has 111 valence electrons. The quantitative estimate of drug-likeness (QED) is 0.627. The summed E-state index contributed by atoms with van der Waals surface area (Å²) in [6, 6.07) is 4.23. The molecule has 0 saturated carbocycles. The second-order valence-corrected chi connectivity index (χ2v) is 5.33. The molecule has 1 radical (unpaired) electrons. The van der Waals surface area contributed by atoms with Crippen molar-refractivity contribution in [2.75, 3.05) is 0 Å². The van der Waals surface area contributed by atoms with Crippen LogP contribution in [0.3, 0.4) is 0 Å². The molecular formula is C14H14F3IrN2-. The predicted octanol–water partition coefficient (Wildman–Crippen LogP) is 3.72. The van der Waals surface area contributed by atoms with E-state index in [-0.39, 0.29) is 36.9 Å². The van der Waals surface area contributed by atoms with Crippen LogP contribution in [-0.2, 0) is 32.2 Å². The smallest absolute Gasteiger partial charge is 0.134 e. The number of hydrogen-bond acceptors (Lipinski definition) is 1. The van der Waals surface area contributed by atoms with Gasteiger partial charge < -0.3 is 0 Å². The maximum Gasteiger partial charge on any atom is 0.134 e. The van der Waals surface area contributed by atoms with Gasteiger partial charge in [-0.15, -0.1) is 12.1 Å². The summed E-state index contributed by atoms with van der Waals surface area (Å²) in [7, 11) is 0. The van der Waals surface area contributed by atoms with E-state index in [1.807, 2.05) is 20.8 Å². The van der Waals surface area contributed by atoms with Crippen molar-refractivity contribution in [2.24, 2.45) is 0 Å². The van der Waals surface area contributed by atoms with Crippen molar-refractivity contribution in [1.29, 1.82) is 0 Å². The SMILES string of the molecule is CC(C)(C)c1cn(-c2[c-]cc(F)cc2F)nc1CF.[Ir]. The first kappa shape index (κ1) is 16.9. The number of aromatic nitrogens is 2. The van der Waals surface area contributed by atoms with Crippen molar-refractivity contribution >= 4 is 0 Å². The van der Waals surface area contributed by atoms with E-state index in [1.54, 1.807) is 6.20 Å².